The predicted molar refractivity (Wildman–Crippen MR) is 85.7 cm³/mol. The van der Waals surface area contributed by atoms with Crippen LogP contribution in [0.4, 0.5) is 0 Å². The molecule has 20 heavy (non-hydrogen) atoms. The zero-order valence-electron chi connectivity index (χ0n) is 14.2. The average molecular weight is 282 g/mol. The van der Waals surface area contributed by atoms with E-state index in [2.05, 4.69) is 44.8 Å². The molecule has 1 saturated heterocycles. The SMILES string of the molecule is CCCC1(C(=O)N(CC(C)C)CC(C)C)CCCNC1. The smallest absolute Gasteiger partial charge is 0.230 e. The predicted octanol–water partition coefficient (Wildman–Crippen LogP) is 3.30. The van der Waals surface area contributed by atoms with Gasteiger partial charge in [0.05, 0.1) is 5.41 Å². The van der Waals surface area contributed by atoms with Gasteiger partial charge in [0.1, 0.15) is 0 Å². The summed E-state index contributed by atoms with van der Waals surface area (Å²) >= 11 is 0. The first-order chi connectivity index (χ1) is 9.41. The summed E-state index contributed by atoms with van der Waals surface area (Å²) < 4.78 is 0. The topological polar surface area (TPSA) is 32.3 Å². The van der Waals surface area contributed by atoms with Crippen LogP contribution in [0.3, 0.4) is 0 Å². The highest BCUT2D eigenvalue weighted by molar-refractivity contribution is 5.83. The number of nitrogens with one attached hydrogen (secondary N) is 1. The molecule has 1 unspecified atom stereocenters. The van der Waals surface area contributed by atoms with E-state index in [1.165, 1.54) is 0 Å². The Kier molecular flexibility index (Phi) is 7.01. The zero-order valence-corrected chi connectivity index (χ0v) is 14.2. The largest absolute Gasteiger partial charge is 0.342 e. The van der Waals surface area contributed by atoms with Crippen molar-refractivity contribution in [1.29, 1.82) is 0 Å². The minimum absolute atomic E-state index is 0.142. The number of amides is 1. The maximum Gasteiger partial charge on any atom is 0.230 e. The number of carbonyl (C=O) groups excluding carboxylic acids is 1. The first-order valence-electron chi connectivity index (χ1n) is 8.41. The normalized spacial score (nSPS) is 23.4. The van der Waals surface area contributed by atoms with Crippen LogP contribution in [0.2, 0.25) is 0 Å². The number of nitrogens with zero attached hydrogens (tertiary/aromatic N) is 1. The van der Waals surface area contributed by atoms with Crippen LogP contribution >= 0.6 is 0 Å². The molecule has 1 aliphatic rings. The van der Waals surface area contributed by atoms with Crippen molar-refractivity contribution >= 4 is 5.91 Å². The van der Waals surface area contributed by atoms with Crippen LogP contribution in [-0.4, -0.2) is 37.0 Å². The molecule has 118 valence electrons. The Hall–Kier alpha value is -0.570. The van der Waals surface area contributed by atoms with Crippen molar-refractivity contribution in [1.82, 2.24) is 10.2 Å². The fraction of sp³-hybridized carbons (Fsp3) is 0.941. The average Bonchev–Trinajstić information content (AvgIpc) is 2.37. The van der Waals surface area contributed by atoms with Crippen molar-refractivity contribution in [2.75, 3.05) is 26.2 Å². The van der Waals surface area contributed by atoms with Gasteiger partial charge in [0.15, 0.2) is 0 Å². The molecule has 1 atom stereocenters. The third kappa shape index (κ3) is 4.76. The highest BCUT2D eigenvalue weighted by atomic mass is 16.2. The first-order valence-corrected chi connectivity index (χ1v) is 8.41. The summed E-state index contributed by atoms with van der Waals surface area (Å²) in [4.78, 5) is 15.3. The van der Waals surface area contributed by atoms with E-state index in [9.17, 15) is 4.79 Å². The van der Waals surface area contributed by atoms with E-state index in [0.29, 0.717) is 17.7 Å². The Morgan fingerprint density at radius 1 is 1.20 bits per heavy atom. The minimum Gasteiger partial charge on any atom is -0.342 e. The van der Waals surface area contributed by atoms with Gasteiger partial charge in [-0.15, -0.1) is 0 Å². The standard InChI is InChI=1S/C17H34N2O/c1-6-8-17(9-7-10-18-13-17)16(20)19(11-14(2)3)12-15(4)5/h14-15,18H,6-13H2,1-5H3. The van der Waals surface area contributed by atoms with Gasteiger partial charge in [-0.05, 0) is 37.6 Å². The summed E-state index contributed by atoms with van der Waals surface area (Å²) in [5.41, 5.74) is -0.142. The van der Waals surface area contributed by atoms with Gasteiger partial charge in [0.25, 0.3) is 0 Å². The summed E-state index contributed by atoms with van der Waals surface area (Å²) in [7, 11) is 0. The second-order valence-corrected chi connectivity index (χ2v) is 7.31. The van der Waals surface area contributed by atoms with Crippen molar-refractivity contribution in [3.63, 3.8) is 0 Å². The maximum atomic E-state index is 13.2. The molecule has 3 heteroatoms. The molecular weight excluding hydrogens is 248 g/mol. The van der Waals surface area contributed by atoms with Gasteiger partial charge in [-0.2, -0.15) is 0 Å². The van der Waals surface area contributed by atoms with Crippen LogP contribution in [0.5, 0.6) is 0 Å². The summed E-state index contributed by atoms with van der Waals surface area (Å²) in [6, 6.07) is 0. The molecule has 1 amide bonds. The molecule has 1 fully saturated rings. The third-order valence-corrected chi connectivity index (χ3v) is 4.11. The van der Waals surface area contributed by atoms with Crippen molar-refractivity contribution in [3.05, 3.63) is 0 Å². The Morgan fingerprint density at radius 2 is 1.80 bits per heavy atom. The van der Waals surface area contributed by atoms with Crippen molar-refractivity contribution < 1.29 is 4.79 Å². The van der Waals surface area contributed by atoms with E-state index in [4.69, 9.17) is 0 Å². The van der Waals surface area contributed by atoms with E-state index in [-0.39, 0.29) is 5.41 Å². The lowest BCUT2D eigenvalue weighted by Gasteiger charge is -2.41. The maximum absolute atomic E-state index is 13.2. The molecule has 1 heterocycles. The third-order valence-electron chi connectivity index (χ3n) is 4.11. The van der Waals surface area contributed by atoms with Crippen LogP contribution in [0.15, 0.2) is 0 Å². The van der Waals surface area contributed by atoms with Gasteiger partial charge in [-0.25, -0.2) is 0 Å². The van der Waals surface area contributed by atoms with Crippen molar-refractivity contribution in [2.45, 2.75) is 60.3 Å². The minimum atomic E-state index is -0.142. The van der Waals surface area contributed by atoms with Crippen molar-refractivity contribution in [3.8, 4) is 0 Å². The number of rotatable bonds is 7. The van der Waals surface area contributed by atoms with Crippen LogP contribution in [0, 0.1) is 17.3 Å². The van der Waals surface area contributed by atoms with Crippen LogP contribution in [-0.2, 0) is 4.79 Å². The van der Waals surface area contributed by atoms with Gasteiger partial charge in [-0.1, -0.05) is 41.0 Å². The molecule has 0 bridgehead atoms. The van der Waals surface area contributed by atoms with Crippen LogP contribution in [0.1, 0.15) is 60.3 Å². The molecule has 3 nitrogen and oxygen atoms in total. The highest BCUT2D eigenvalue weighted by Gasteiger charge is 2.41. The number of piperidine rings is 1. The molecule has 0 spiro atoms. The Balaban J connectivity index is 2.87. The molecule has 1 aliphatic heterocycles. The summed E-state index contributed by atoms with van der Waals surface area (Å²) in [5.74, 6) is 1.47. The second-order valence-electron chi connectivity index (χ2n) is 7.31. The van der Waals surface area contributed by atoms with Gasteiger partial charge in [-0.3, -0.25) is 4.79 Å². The van der Waals surface area contributed by atoms with Gasteiger partial charge in [0.2, 0.25) is 5.91 Å². The number of carbonyl (C=O) groups is 1. The molecule has 1 N–H and O–H groups in total. The van der Waals surface area contributed by atoms with Gasteiger partial charge >= 0.3 is 0 Å². The van der Waals surface area contributed by atoms with E-state index in [1.54, 1.807) is 0 Å². The fourth-order valence-electron chi connectivity index (χ4n) is 3.41. The molecular formula is C17H34N2O. The van der Waals surface area contributed by atoms with Crippen LogP contribution in [0.25, 0.3) is 0 Å². The molecule has 0 saturated carbocycles. The van der Waals surface area contributed by atoms with E-state index < -0.39 is 0 Å². The summed E-state index contributed by atoms with van der Waals surface area (Å²) in [6.07, 6.45) is 4.29. The Labute approximate surface area is 125 Å². The quantitative estimate of drug-likeness (QED) is 0.777. The lowest BCUT2D eigenvalue weighted by Crippen LogP contribution is -2.53. The molecule has 0 aliphatic carbocycles. The lowest BCUT2D eigenvalue weighted by atomic mass is 9.75. The zero-order chi connectivity index (χ0) is 15.2. The fourth-order valence-corrected chi connectivity index (χ4v) is 3.41. The second kappa shape index (κ2) is 8.02. The first kappa shape index (κ1) is 17.5. The summed E-state index contributed by atoms with van der Waals surface area (Å²) in [5, 5.41) is 3.46. The highest BCUT2D eigenvalue weighted by Crippen LogP contribution is 2.34. The Bertz CT molecular complexity index is 278. The molecule has 0 radical (unpaired) electrons. The number of hydrogen-bond donors (Lipinski definition) is 1. The van der Waals surface area contributed by atoms with Crippen LogP contribution < -0.4 is 5.32 Å². The molecule has 0 aromatic heterocycles. The number of hydrogen-bond acceptors (Lipinski definition) is 2. The molecule has 0 aromatic rings. The summed E-state index contributed by atoms with van der Waals surface area (Å²) in [6.45, 7) is 14.7. The van der Waals surface area contributed by atoms with E-state index in [0.717, 1.165) is 51.9 Å². The van der Waals surface area contributed by atoms with Gasteiger partial charge in [0, 0.05) is 19.6 Å². The lowest BCUT2D eigenvalue weighted by molar-refractivity contribution is -0.145. The van der Waals surface area contributed by atoms with E-state index >= 15 is 0 Å². The van der Waals surface area contributed by atoms with Crippen molar-refractivity contribution in [2.24, 2.45) is 17.3 Å². The molecule has 1 rings (SSSR count). The van der Waals surface area contributed by atoms with E-state index in [1.807, 2.05) is 0 Å². The molecule has 0 aromatic carbocycles. The Morgan fingerprint density at radius 3 is 2.20 bits per heavy atom. The monoisotopic (exact) mass is 282 g/mol. The van der Waals surface area contributed by atoms with Gasteiger partial charge < -0.3 is 10.2 Å².